The van der Waals surface area contributed by atoms with E-state index in [0.717, 1.165) is 11.8 Å². The maximum atomic E-state index is 13.0. The van der Waals surface area contributed by atoms with Gasteiger partial charge in [0.2, 0.25) is 0 Å². The van der Waals surface area contributed by atoms with Gasteiger partial charge in [-0.25, -0.2) is 4.39 Å². The molecule has 27 heavy (non-hydrogen) atoms. The fraction of sp³-hybridized carbons (Fsp3) is 0.524. The Hall–Kier alpha value is -2.37. The minimum atomic E-state index is -0.321. The second-order valence-electron chi connectivity index (χ2n) is 7.91. The van der Waals surface area contributed by atoms with Crippen molar-refractivity contribution < 1.29 is 18.4 Å². The van der Waals surface area contributed by atoms with Gasteiger partial charge in [0.25, 0.3) is 5.91 Å². The lowest BCUT2D eigenvalue weighted by molar-refractivity contribution is 0.0904. The number of hydrogen-bond acceptors (Lipinski definition) is 4. The molecule has 5 nitrogen and oxygen atoms in total. The van der Waals surface area contributed by atoms with E-state index in [1.807, 2.05) is 0 Å². The molecule has 2 fully saturated rings. The largest absolute Gasteiger partial charge is 0.489 e. The van der Waals surface area contributed by atoms with Crippen LogP contribution in [-0.4, -0.2) is 17.1 Å². The topological polar surface area (TPSA) is 64.4 Å². The van der Waals surface area contributed by atoms with E-state index in [-0.39, 0.29) is 30.1 Å². The Morgan fingerprint density at radius 3 is 2.78 bits per heavy atom. The van der Waals surface area contributed by atoms with Crippen molar-refractivity contribution in [1.29, 1.82) is 0 Å². The molecule has 0 radical (unpaired) electrons. The van der Waals surface area contributed by atoms with E-state index in [1.165, 1.54) is 37.8 Å². The lowest BCUT2D eigenvalue weighted by Gasteiger charge is -2.28. The monoisotopic (exact) mass is 372 g/mol. The molecule has 0 aliphatic heterocycles. The summed E-state index contributed by atoms with van der Waals surface area (Å²) in [5.74, 6) is 2.67. The number of aryl methyl sites for hydroxylation is 1. The van der Waals surface area contributed by atoms with E-state index in [9.17, 15) is 9.18 Å². The van der Waals surface area contributed by atoms with Crippen molar-refractivity contribution in [2.24, 2.45) is 17.8 Å². The zero-order valence-electron chi connectivity index (χ0n) is 15.7. The van der Waals surface area contributed by atoms with Crippen molar-refractivity contribution in [2.45, 2.75) is 52.2 Å². The van der Waals surface area contributed by atoms with Crippen LogP contribution in [-0.2, 0) is 6.61 Å². The molecule has 4 unspecified atom stereocenters. The molecule has 144 valence electrons. The number of nitrogens with one attached hydrogen (secondary N) is 1. The zero-order valence-corrected chi connectivity index (χ0v) is 15.7. The van der Waals surface area contributed by atoms with Crippen LogP contribution in [0.15, 0.2) is 28.8 Å². The summed E-state index contributed by atoms with van der Waals surface area (Å²) < 4.78 is 23.9. The molecule has 2 aliphatic carbocycles. The van der Waals surface area contributed by atoms with Crippen LogP contribution < -0.4 is 10.1 Å². The van der Waals surface area contributed by atoms with E-state index >= 15 is 0 Å². The highest BCUT2D eigenvalue weighted by Gasteiger charge is 2.42. The zero-order chi connectivity index (χ0) is 19.0. The van der Waals surface area contributed by atoms with Gasteiger partial charge in [-0.2, -0.15) is 0 Å². The molecule has 1 aromatic carbocycles. The number of rotatable bonds is 6. The average Bonchev–Trinajstić information content (AvgIpc) is 3.37. The highest BCUT2D eigenvalue weighted by molar-refractivity contribution is 5.94. The van der Waals surface area contributed by atoms with Crippen molar-refractivity contribution in [3.8, 4) is 5.75 Å². The Kier molecular flexibility index (Phi) is 4.89. The molecule has 2 aromatic rings. The molecular formula is C21H25FN2O3. The van der Waals surface area contributed by atoms with Gasteiger partial charge in [0.1, 0.15) is 23.9 Å². The number of carbonyl (C=O) groups excluding carboxylic acids is 1. The van der Waals surface area contributed by atoms with Gasteiger partial charge in [-0.1, -0.05) is 11.6 Å². The van der Waals surface area contributed by atoms with Crippen molar-refractivity contribution in [3.63, 3.8) is 0 Å². The first-order chi connectivity index (χ1) is 13.0. The second-order valence-corrected chi connectivity index (χ2v) is 7.91. The highest BCUT2D eigenvalue weighted by Crippen LogP contribution is 2.49. The molecule has 0 saturated heterocycles. The Labute approximate surface area is 158 Å². The quantitative estimate of drug-likeness (QED) is 0.823. The normalized spacial score (nSPS) is 24.8. The number of aromatic nitrogens is 1. The van der Waals surface area contributed by atoms with Crippen molar-refractivity contribution in [3.05, 3.63) is 47.1 Å². The van der Waals surface area contributed by atoms with E-state index in [1.54, 1.807) is 19.1 Å². The van der Waals surface area contributed by atoms with E-state index < -0.39 is 0 Å². The van der Waals surface area contributed by atoms with Gasteiger partial charge in [0.05, 0.1) is 5.56 Å². The summed E-state index contributed by atoms with van der Waals surface area (Å²) in [5.41, 5.74) is 0.890. The fourth-order valence-corrected chi connectivity index (χ4v) is 4.71. The third-order valence-electron chi connectivity index (χ3n) is 6.19. The number of fused-ring (bicyclic) bond motifs is 2. The van der Waals surface area contributed by atoms with E-state index in [4.69, 9.17) is 9.26 Å². The predicted molar refractivity (Wildman–Crippen MR) is 97.8 cm³/mol. The summed E-state index contributed by atoms with van der Waals surface area (Å²) in [6, 6.07) is 5.89. The maximum Gasteiger partial charge on any atom is 0.274 e. The van der Waals surface area contributed by atoms with Crippen LogP contribution in [0.5, 0.6) is 5.75 Å². The summed E-state index contributed by atoms with van der Waals surface area (Å²) in [7, 11) is 0. The Morgan fingerprint density at radius 2 is 2.11 bits per heavy atom. The number of hydrogen-bond donors (Lipinski definition) is 1. The van der Waals surface area contributed by atoms with Crippen LogP contribution in [0.2, 0.25) is 0 Å². The van der Waals surface area contributed by atoms with Gasteiger partial charge < -0.3 is 14.6 Å². The Bertz CT molecular complexity index is 817. The molecule has 2 saturated carbocycles. The number of nitrogens with zero attached hydrogens (tertiary/aromatic N) is 1. The number of carbonyl (C=O) groups is 1. The maximum absolute atomic E-state index is 13.0. The van der Waals surface area contributed by atoms with Crippen LogP contribution in [0.1, 0.15) is 54.4 Å². The molecule has 1 aromatic heterocycles. The Morgan fingerprint density at radius 1 is 1.33 bits per heavy atom. The summed E-state index contributed by atoms with van der Waals surface area (Å²) in [6.07, 6.45) is 5.15. The number of ether oxygens (including phenoxy) is 1. The number of amides is 1. The molecule has 4 rings (SSSR count). The number of benzene rings is 1. The summed E-state index contributed by atoms with van der Waals surface area (Å²) in [4.78, 5) is 12.8. The van der Waals surface area contributed by atoms with Gasteiger partial charge in [-0.05, 0) is 75.1 Å². The molecule has 1 N–H and O–H groups in total. The second kappa shape index (κ2) is 7.33. The molecule has 2 bridgehead atoms. The lowest BCUT2D eigenvalue weighted by atomic mass is 9.84. The lowest BCUT2D eigenvalue weighted by Crippen LogP contribution is -2.40. The molecule has 1 amide bonds. The summed E-state index contributed by atoms with van der Waals surface area (Å²) in [6.45, 7) is 3.99. The smallest absolute Gasteiger partial charge is 0.274 e. The molecule has 1 heterocycles. The van der Waals surface area contributed by atoms with Crippen LogP contribution >= 0.6 is 0 Å². The summed E-state index contributed by atoms with van der Waals surface area (Å²) in [5, 5.41) is 7.06. The minimum absolute atomic E-state index is 0.121. The van der Waals surface area contributed by atoms with Gasteiger partial charge >= 0.3 is 0 Å². The first kappa shape index (κ1) is 18.0. The van der Waals surface area contributed by atoms with E-state index in [0.29, 0.717) is 23.0 Å². The van der Waals surface area contributed by atoms with Crippen molar-refractivity contribution in [2.75, 3.05) is 0 Å². The molecule has 0 spiro atoms. The first-order valence-electron chi connectivity index (χ1n) is 9.65. The molecule has 2 aliphatic rings. The SMILES string of the molecule is Cc1onc(C(=O)NC(C)C2CC3CCC2C3)c1COc1ccc(F)cc1. The van der Waals surface area contributed by atoms with Crippen LogP contribution in [0, 0.1) is 30.5 Å². The first-order valence-corrected chi connectivity index (χ1v) is 9.65. The minimum Gasteiger partial charge on any atom is -0.489 e. The van der Waals surface area contributed by atoms with Crippen LogP contribution in [0.3, 0.4) is 0 Å². The van der Waals surface area contributed by atoms with Gasteiger partial charge in [-0.3, -0.25) is 4.79 Å². The average molecular weight is 372 g/mol. The van der Waals surface area contributed by atoms with Crippen molar-refractivity contribution >= 4 is 5.91 Å². The molecule has 4 atom stereocenters. The molecule has 6 heteroatoms. The standard InChI is InChI=1S/C21H25FN2O3/c1-12(18-10-14-3-4-15(18)9-14)23-21(25)20-19(13(2)27-24-20)11-26-17-7-5-16(22)6-8-17/h5-8,12,14-15,18H,3-4,9-11H2,1-2H3,(H,23,25). The number of halogens is 1. The van der Waals surface area contributed by atoms with Gasteiger partial charge in [0, 0.05) is 6.04 Å². The third kappa shape index (κ3) is 3.70. The predicted octanol–water partition coefficient (Wildman–Crippen LogP) is 4.26. The molecular weight excluding hydrogens is 347 g/mol. The third-order valence-corrected chi connectivity index (χ3v) is 6.19. The summed E-state index contributed by atoms with van der Waals surface area (Å²) >= 11 is 0. The Balaban J connectivity index is 1.41. The van der Waals surface area contributed by atoms with E-state index in [2.05, 4.69) is 17.4 Å². The van der Waals surface area contributed by atoms with Gasteiger partial charge in [-0.15, -0.1) is 0 Å². The fourth-order valence-electron chi connectivity index (χ4n) is 4.71. The highest BCUT2D eigenvalue weighted by atomic mass is 19.1. The van der Waals surface area contributed by atoms with Crippen LogP contribution in [0.4, 0.5) is 4.39 Å². The van der Waals surface area contributed by atoms with Gasteiger partial charge in [0.15, 0.2) is 5.69 Å². The van der Waals surface area contributed by atoms with Crippen LogP contribution in [0.25, 0.3) is 0 Å². The van der Waals surface area contributed by atoms with Crippen molar-refractivity contribution in [1.82, 2.24) is 10.5 Å².